The molecule has 0 aromatic heterocycles. The molecule has 4 aliphatic rings. The summed E-state index contributed by atoms with van der Waals surface area (Å²) in [4.78, 5) is 29.5. The minimum Gasteiger partial charge on any atom is -0.543 e. The number of rotatable bonds is 7. The molecule has 48 heavy (non-hydrogen) atoms. The van der Waals surface area contributed by atoms with Crippen molar-refractivity contribution in [3.63, 3.8) is 0 Å². The molecule has 1 amide bonds. The molecule has 0 unspecified atom stereocenters. The number of carbonyl (C=O) groups excluding carboxylic acids is 2. The molecular weight excluding hydrogens is 684 g/mol. The SMILES string of the molecule is C[C@H]1[C@H](OS(=O)(=O)C(F)(F)F)C(=O)[C@H]2C#C/C=C\C#C[C@@H]3N(C(=O)OCC[Si](C)(C)C)c4ccc(O[Si](C)(C)C(C)(C)C)cc4[C@]24O[C@]314. The quantitative estimate of drug-likeness (QED) is 0.105. The minimum absolute atomic E-state index is 0.115. The van der Waals surface area contributed by atoms with Gasteiger partial charge in [-0.3, -0.25) is 13.9 Å². The minimum atomic E-state index is -6.21. The number of hydrogen-bond donors (Lipinski definition) is 0. The molecule has 15 heteroatoms. The van der Waals surface area contributed by atoms with Crippen molar-refractivity contribution in [1.82, 2.24) is 0 Å². The summed E-state index contributed by atoms with van der Waals surface area (Å²) < 4.78 is 88.9. The molecule has 1 saturated carbocycles. The summed E-state index contributed by atoms with van der Waals surface area (Å²) in [5.41, 5.74) is -8.49. The molecular formula is C33H40F3NO8SSi2. The number of alkyl halides is 3. The number of fused-ring (bicyclic) bond motifs is 1. The van der Waals surface area contributed by atoms with Crippen molar-refractivity contribution in [2.24, 2.45) is 11.8 Å². The van der Waals surface area contributed by atoms with Gasteiger partial charge in [-0.25, -0.2) is 4.79 Å². The third-order valence-corrected chi connectivity index (χ3v) is 17.0. The van der Waals surface area contributed by atoms with Gasteiger partial charge >= 0.3 is 21.7 Å². The highest BCUT2D eigenvalue weighted by Crippen LogP contribution is 2.73. The van der Waals surface area contributed by atoms with Gasteiger partial charge in [0.15, 0.2) is 5.78 Å². The fourth-order valence-corrected chi connectivity index (χ4v) is 8.69. The summed E-state index contributed by atoms with van der Waals surface area (Å²) in [5.74, 6) is 7.97. The number of Topliss-reactive ketones (excluding diaryl/α,β-unsaturated/α-hetero) is 1. The number of halogens is 3. The maximum Gasteiger partial charge on any atom is 0.523 e. The first-order chi connectivity index (χ1) is 21.9. The van der Waals surface area contributed by atoms with Crippen LogP contribution in [0.3, 0.4) is 0 Å². The number of amides is 1. The lowest BCUT2D eigenvalue weighted by molar-refractivity contribution is -0.136. The topological polar surface area (TPSA) is 112 Å². The van der Waals surface area contributed by atoms with E-state index in [-0.39, 0.29) is 11.6 Å². The first kappa shape index (κ1) is 36.2. The zero-order valence-electron chi connectivity index (χ0n) is 28.4. The lowest BCUT2D eigenvalue weighted by Gasteiger charge is -2.47. The second kappa shape index (κ2) is 11.5. The zero-order chi connectivity index (χ0) is 35.9. The average Bonchev–Trinajstić information content (AvgIpc) is 3.65. The van der Waals surface area contributed by atoms with Crippen LogP contribution in [0.2, 0.25) is 43.8 Å². The highest BCUT2D eigenvalue weighted by Gasteiger charge is 2.88. The Morgan fingerprint density at radius 2 is 1.69 bits per heavy atom. The standard InChI is InChI=1S/C33H40F3NO8SSi2/c1-21-28(43-46(40,41)33(34,35)36)27(38)23-14-12-10-11-13-15-26-31(21)32(23,45-31)24-20-22(44-48(8,9)30(2,3)4)16-17-25(24)37(26)29(39)42-18-19-47(5,6)7/h10-11,16-17,20-21,23,26,28H,18-19H2,1-9H3/b11-10-/t21-,23+,26-,28-,31-,32+/m0/s1. The van der Waals surface area contributed by atoms with Crippen LogP contribution in [0.5, 0.6) is 5.75 Å². The summed E-state index contributed by atoms with van der Waals surface area (Å²) in [6.07, 6.45) is -0.140. The van der Waals surface area contributed by atoms with E-state index in [4.69, 9.17) is 13.9 Å². The number of allylic oxidation sites excluding steroid dienone is 2. The van der Waals surface area contributed by atoms with Gasteiger partial charge in [0, 0.05) is 19.6 Å². The van der Waals surface area contributed by atoms with Gasteiger partial charge in [-0.1, -0.05) is 71.0 Å². The molecule has 0 N–H and O–H groups in total. The van der Waals surface area contributed by atoms with Crippen molar-refractivity contribution in [3.05, 3.63) is 35.9 Å². The zero-order valence-corrected chi connectivity index (χ0v) is 31.2. The number of benzene rings is 1. The van der Waals surface area contributed by atoms with Crippen LogP contribution < -0.4 is 9.33 Å². The van der Waals surface area contributed by atoms with Crippen molar-refractivity contribution in [3.8, 4) is 29.4 Å². The maximum absolute atomic E-state index is 14.1. The molecule has 0 spiro atoms. The van der Waals surface area contributed by atoms with Gasteiger partial charge in [0.25, 0.3) is 0 Å². The van der Waals surface area contributed by atoms with Gasteiger partial charge in [0.05, 0.1) is 12.3 Å². The Morgan fingerprint density at radius 1 is 1.06 bits per heavy atom. The summed E-state index contributed by atoms with van der Waals surface area (Å²) in [7, 11) is -10.3. The van der Waals surface area contributed by atoms with Crippen LogP contribution in [0.4, 0.5) is 23.7 Å². The van der Waals surface area contributed by atoms with Gasteiger partial charge in [0.1, 0.15) is 35.0 Å². The molecule has 9 nitrogen and oxygen atoms in total. The van der Waals surface area contributed by atoms with E-state index in [1.54, 1.807) is 18.2 Å². The molecule has 6 atom stereocenters. The maximum atomic E-state index is 14.1. The first-order valence-electron chi connectivity index (χ1n) is 15.6. The fraction of sp³-hybridized carbons (Fsp3) is 0.576. The molecule has 2 fully saturated rings. The van der Waals surface area contributed by atoms with Gasteiger partial charge < -0.3 is 13.9 Å². The van der Waals surface area contributed by atoms with Gasteiger partial charge in [-0.05, 0) is 54.5 Å². The summed E-state index contributed by atoms with van der Waals surface area (Å²) in [6, 6.07) is 4.47. The number of epoxide rings is 1. The van der Waals surface area contributed by atoms with Gasteiger partial charge in [-0.15, -0.1) is 0 Å². The molecule has 4 bridgehead atoms. The van der Waals surface area contributed by atoms with Gasteiger partial charge in [0.2, 0.25) is 8.32 Å². The molecule has 2 aliphatic carbocycles. The number of ketones is 1. The highest BCUT2D eigenvalue weighted by molar-refractivity contribution is 7.87. The molecule has 260 valence electrons. The fourth-order valence-electron chi connectivity index (χ4n) is 6.31. The van der Waals surface area contributed by atoms with Crippen LogP contribution in [0.1, 0.15) is 33.3 Å². The highest BCUT2D eigenvalue weighted by atomic mass is 32.2. The molecule has 1 saturated heterocycles. The van der Waals surface area contributed by atoms with Crippen molar-refractivity contribution in [2.75, 3.05) is 11.5 Å². The van der Waals surface area contributed by atoms with Crippen LogP contribution in [0.25, 0.3) is 0 Å². The van der Waals surface area contributed by atoms with Crippen molar-refractivity contribution in [1.29, 1.82) is 0 Å². The van der Waals surface area contributed by atoms with Crippen molar-refractivity contribution in [2.45, 2.75) is 100 Å². The Bertz CT molecular complexity index is 1810. The van der Waals surface area contributed by atoms with Crippen LogP contribution >= 0.6 is 0 Å². The average molecular weight is 724 g/mol. The summed E-state index contributed by atoms with van der Waals surface area (Å²) >= 11 is 0. The van der Waals surface area contributed by atoms with Gasteiger partial charge in [-0.2, -0.15) is 21.6 Å². The van der Waals surface area contributed by atoms with E-state index < -0.39 is 79.1 Å². The Labute approximate surface area is 281 Å². The van der Waals surface area contributed by atoms with E-state index in [1.165, 1.54) is 24.0 Å². The van der Waals surface area contributed by atoms with E-state index in [2.05, 4.69) is 81.4 Å². The molecule has 2 heterocycles. The lowest BCUT2D eigenvalue weighted by Crippen LogP contribution is -2.65. The molecule has 0 radical (unpaired) electrons. The summed E-state index contributed by atoms with van der Waals surface area (Å²) in [6.45, 7) is 18.2. The van der Waals surface area contributed by atoms with E-state index in [0.717, 1.165) is 0 Å². The number of carbonyl (C=O) groups is 2. The monoisotopic (exact) mass is 723 g/mol. The number of nitrogens with zero attached hydrogens (tertiary/aromatic N) is 1. The Kier molecular flexibility index (Phi) is 8.66. The van der Waals surface area contributed by atoms with Crippen LogP contribution in [0, 0.1) is 35.5 Å². The predicted molar refractivity (Wildman–Crippen MR) is 178 cm³/mol. The first-order valence-corrected chi connectivity index (χ1v) is 23.6. The van der Waals surface area contributed by atoms with Crippen LogP contribution in [-0.2, 0) is 34.2 Å². The van der Waals surface area contributed by atoms with E-state index in [1.807, 2.05) is 0 Å². The smallest absolute Gasteiger partial charge is 0.523 e. The third-order valence-electron chi connectivity index (χ3n) is 9.93. The second-order valence-corrected chi connectivity index (χ2v) is 27.2. The molecule has 2 aliphatic heterocycles. The summed E-state index contributed by atoms with van der Waals surface area (Å²) in [5, 5.41) is -0.185. The van der Waals surface area contributed by atoms with Crippen molar-refractivity contribution >= 4 is 44.1 Å². The molecule has 1 aromatic rings. The third kappa shape index (κ3) is 5.71. The van der Waals surface area contributed by atoms with E-state index in [0.29, 0.717) is 23.0 Å². The molecule has 5 rings (SSSR count). The predicted octanol–water partition coefficient (Wildman–Crippen LogP) is 6.34. The largest absolute Gasteiger partial charge is 0.543 e. The number of hydrogen-bond acceptors (Lipinski definition) is 8. The Hall–Kier alpha value is -3.09. The second-order valence-electron chi connectivity index (χ2n) is 15.3. The Balaban J connectivity index is 1.74. The van der Waals surface area contributed by atoms with E-state index >= 15 is 0 Å². The number of ether oxygens (including phenoxy) is 2. The van der Waals surface area contributed by atoms with Crippen molar-refractivity contribution < 1.29 is 49.3 Å². The van der Waals surface area contributed by atoms with Crippen LogP contribution in [0.15, 0.2) is 30.4 Å². The molecule has 1 aromatic carbocycles. The Morgan fingerprint density at radius 3 is 2.27 bits per heavy atom. The van der Waals surface area contributed by atoms with E-state index in [9.17, 15) is 31.2 Å². The number of anilines is 1. The normalized spacial score (nSPS) is 30.0. The van der Waals surface area contributed by atoms with Crippen LogP contribution in [-0.4, -0.2) is 66.5 Å². The lowest BCUT2D eigenvalue weighted by atomic mass is 9.58.